The van der Waals surface area contributed by atoms with Crippen LogP contribution in [0.1, 0.15) is 60.6 Å². The Balaban J connectivity index is 1.45. The molecule has 0 fully saturated rings. The van der Waals surface area contributed by atoms with Crippen molar-refractivity contribution >= 4 is 39.1 Å². The number of thiophene rings is 1. The van der Waals surface area contributed by atoms with Crippen molar-refractivity contribution in [2.75, 3.05) is 11.6 Å². The molecule has 3 heterocycles. The zero-order valence-electron chi connectivity index (χ0n) is 19.7. The summed E-state index contributed by atoms with van der Waals surface area (Å²) in [5.74, 6) is 8.68. The van der Waals surface area contributed by atoms with Crippen LogP contribution < -0.4 is 16.3 Å². The molecule has 10 heteroatoms. The molecule has 0 bridgehead atoms. The van der Waals surface area contributed by atoms with Crippen molar-refractivity contribution < 1.29 is 4.74 Å². The van der Waals surface area contributed by atoms with Crippen molar-refractivity contribution in [3.05, 3.63) is 51.9 Å². The summed E-state index contributed by atoms with van der Waals surface area (Å²) in [6, 6.07) is 8.07. The highest BCUT2D eigenvalue weighted by molar-refractivity contribution is 7.99. The number of aryl methyl sites for hydroxylation is 2. The van der Waals surface area contributed by atoms with Gasteiger partial charge in [-0.25, -0.2) is 14.6 Å². The highest BCUT2D eigenvalue weighted by Gasteiger charge is 2.20. The number of rotatable bonds is 6. The number of nitrogens with zero attached hydrogens (tertiary/aromatic N) is 5. The van der Waals surface area contributed by atoms with Crippen molar-refractivity contribution in [1.29, 1.82) is 0 Å². The third-order valence-corrected chi connectivity index (χ3v) is 7.70. The Kier molecular flexibility index (Phi) is 6.24. The van der Waals surface area contributed by atoms with Crippen LogP contribution >= 0.6 is 23.1 Å². The topological polar surface area (TPSA) is 118 Å². The van der Waals surface area contributed by atoms with Gasteiger partial charge in [0.15, 0.2) is 5.82 Å². The second-order valence-electron chi connectivity index (χ2n) is 9.02. The number of thioether (sulfide) groups is 1. The summed E-state index contributed by atoms with van der Waals surface area (Å²) < 4.78 is 7.32. The maximum atomic E-state index is 6.25. The third kappa shape index (κ3) is 4.77. The Labute approximate surface area is 201 Å². The minimum atomic E-state index is -0.107. The van der Waals surface area contributed by atoms with E-state index in [1.807, 2.05) is 26.0 Å². The van der Waals surface area contributed by atoms with Gasteiger partial charge in [-0.2, -0.15) is 0 Å². The highest BCUT2D eigenvalue weighted by atomic mass is 32.2. The Morgan fingerprint density at radius 3 is 2.48 bits per heavy atom. The van der Waals surface area contributed by atoms with Crippen molar-refractivity contribution in [1.82, 2.24) is 24.8 Å². The average molecular weight is 484 g/mol. The Morgan fingerprint density at radius 1 is 1.12 bits per heavy atom. The lowest BCUT2D eigenvalue weighted by atomic mass is 9.87. The molecule has 0 radical (unpaired) electrons. The van der Waals surface area contributed by atoms with Gasteiger partial charge >= 0.3 is 0 Å². The molecule has 174 valence electrons. The number of anilines is 1. The van der Waals surface area contributed by atoms with Gasteiger partial charge in [-0.15, -0.1) is 21.5 Å². The Bertz CT molecular complexity index is 1290. The van der Waals surface area contributed by atoms with E-state index < -0.39 is 0 Å². The summed E-state index contributed by atoms with van der Waals surface area (Å²) in [5.41, 5.74) is 8.72. The lowest BCUT2D eigenvalue weighted by Gasteiger charge is -2.19. The van der Waals surface area contributed by atoms with Crippen molar-refractivity contribution in [3.8, 4) is 5.75 Å². The first-order chi connectivity index (χ1) is 15.5. The normalized spacial score (nSPS) is 12.9. The van der Waals surface area contributed by atoms with E-state index in [1.165, 1.54) is 26.9 Å². The molecule has 0 saturated carbocycles. The predicted molar refractivity (Wildman–Crippen MR) is 135 cm³/mol. The predicted octanol–water partition coefficient (Wildman–Crippen LogP) is 4.93. The minimum Gasteiger partial charge on any atom is -0.486 e. The molecule has 4 rings (SSSR count). The summed E-state index contributed by atoms with van der Waals surface area (Å²) in [4.78, 5) is 11.4. The molecule has 0 saturated heterocycles. The van der Waals surface area contributed by atoms with Crippen molar-refractivity contribution in [2.24, 2.45) is 0 Å². The molecule has 0 aliphatic carbocycles. The monoisotopic (exact) mass is 483 g/mol. The van der Waals surface area contributed by atoms with E-state index in [0.717, 1.165) is 21.5 Å². The van der Waals surface area contributed by atoms with E-state index in [9.17, 15) is 0 Å². The lowest BCUT2D eigenvalue weighted by Crippen LogP contribution is -2.16. The first-order valence-electron chi connectivity index (χ1n) is 10.7. The molecule has 0 amide bonds. The fourth-order valence-electron chi connectivity index (χ4n) is 3.38. The van der Waals surface area contributed by atoms with Crippen LogP contribution in [-0.2, 0) is 12.0 Å². The van der Waals surface area contributed by atoms with Crippen LogP contribution in [0.15, 0.2) is 29.4 Å². The number of hydrogen-bond donors (Lipinski definition) is 2. The molecule has 1 unspecified atom stereocenters. The number of nitrogen functional groups attached to an aromatic ring is 2. The van der Waals surface area contributed by atoms with E-state index in [-0.39, 0.29) is 17.3 Å². The van der Waals surface area contributed by atoms with Gasteiger partial charge in [-0.1, -0.05) is 44.7 Å². The molecule has 8 nitrogen and oxygen atoms in total. The van der Waals surface area contributed by atoms with E-state index >= 15 is 0 Å². The molecule has 4 aromatic rings. The molecule has 1 atom stereocenters. The summed E-state index contributed by atoms with van der Waals surface area (Å²) in [6.07, 6.45) is 0. The SMILES string of the molecule is Cc1sc2nc(C(C)Sc3nnc(COc4ccc(C(C)(C)C)cc4)n3N)nc(N)c2c1C. The second kappa shape index (κ2) is 8.83. The zero-order valence-corrected chi connectivity index (χ0v) is 21.3. The maximum absolute atomic E-state index is 6.25. The van der Waals surface area contributed by atoms with Crippen LogP contribution in [0.2, 0.25) is 0 Å². The molecular formula is C23H29N7OS2. The minimum absolute atomic E-state index is 0.0961. The van der Waals surface area contributed by atoms with E-state index in [1.54, 1.807) is 11.3 Å². The Hall–Kier alpha value is -2.85. The van der Waals surface area contributed by atoms with Gasteiger partial charge in [0.1, 0.15) is 28.8 Å². The molecule has 0 spiro atoms. The van der Waals surface area contributed by atoms with Crippen LogP contribution in [-0.4, -0.2) is 24.8 Å². The third-order valence-electron chi connectivity index (χ3n) is 5.54. The van der Waals surface area contributed by atoms with Gasteiger partial charge in [0, 0.05) is 4.88 Å². The summed E-state index contributed by atoms with van der Waals surface area (Å²) in [7, 11) is 0. The van der Waals surface area contributed by atoms with Gasteiger partial charge in [0.05, 0.1) is 10.6 Å². The first-order valence-corrected chi connectivity index (χ1v) is 12.4. The van der Waals surface area contributed by atoms with Crippen LogP contribution in [0.3, 0.4) is 0 Å². The molecule has 0 aliphatic heterocycles. The number of aromatic nitrogens is 5. The van der Waals surface area contributed by atoms with Gasteiger partial charge in [-0.05, 0) is 49.4 Å². The first kappa shape index (κ1) is 23.3. The van der Waals surface area contributed by atoms with Crippen molar-refractivity contribution in [2.45, 2.75) is 64.0 Å². The smallest absolute Gasteiger partial charge is 0.210 e. The van der Waals surface area contributed by atoms with Gasteiger partial charge in [0.25, 0.3) is 0 Å². The molecule has 1 aromatic carbocycles. The summed E-state index contributed by atoms with van der Waals surface area (Å²) >= 11 is 3.06. The zero-order chi connectivity index (χ0) is 23.9. The quantitative estimate of drug-likeness (QED) is 0.293. The van der Waals surface area contributed by atoms with Crippen LogP contribution in [0.5, 0.6) is 5.75 Å². The van der Waals surface area contributed by atoms with E-state index in [4.69, 9.17) is 21.3 Å². The fourth-order valence-corrected chi connectivity index (χ4v) is 5.25. The maximum Gasteiger partial charge on any atom is 0.210 e. The standard InChI is InChI=1S/C23H29N7OS2/c1-12-13(2)32-21-18(12)19(24)26-20(27-21)14(3)33-22-29-28-17(30(22)25)11-31-16-9-7-15(8-10-16)23(4,5)6/h7-10,14H,11,25H2,1-6H3,(H2,24,26,27). The van der Waals surface area contributed by atoms with Crippen LogP contribution in [0, 0.1) is 13.8 Å². The van der Waals surface area contributed by atoms with Gasteiger partial charge in [-0.3, -0.25) is 0 Å². The highest BCUT2D eigenvalue weighted by Crippen LogP contribution is 2.36. The molecule has 33 heavy (non-hydrogen) atoms. The number of hydrogen-bond acceptors (Lipinski definition) is 9. The lowest BCUT2D eigenvalue weighted by molar-refractivity contribution is 0.291. The van der Waals surface area contributed by atoms with Gasteiger partial charge < -0.3 is 16.3 Å². The van der Waals surface area contributed by atoms with Crippen molar-refractivity contribution in [3.63, 3.8) is 0 Å². The largest absolute Gasteiger partial charge is 0.486 e. The molecule has 3 aromatic heterocycles. The number of fused-ring (bicyclic) bond motifs is 1. The van der Waals surface area contributed by atoms with Crippen LogP contribution in [0.25, 0.3) is 10.2 Å². The fraction of sp³-hybridized carbons (Fsp3) is 0.391. The second-order valence-corrected chi connectivity index (χ2v) is 11.5. The Morgan fingerprint density at radius 2 is 1.82 bits per heavy atom. The average Bonchev–Trinajstić information content (AvgIpc) is 3.25. The molecule has 4 N–H and O–H groups in total. The molecular weight excluding hydrogens is 454 g/mol. The molecule has 0 aliphatic rings. The van der Waals surface area contributed by atoms with Gasteiger partial charge in [0.2, 0.25) is 5.16 Å². The van der Waals surface area contributed by atoms with E-state index in [0.29, 0.717) is 22.6 Å². The number of benzene rings is 1. The summed E-state index contributed by atoms with van der Waals surface area (Å²) in [6.45, 7) is 12.9. The number of ether oxygens (including phenoxy) is 1. The number of nitrogens with two attached hydrogens (primary N) is 2. The van der Waals surface area contributed by atoms with Crippen LogP contribution in [0.4, 0.5) is 5.82 Å². The summed E-state index contributed by atoms with van der Waals surface area (Å²) in [5, 5.41) is 9.82. The van der Waals surface area contributed by atoms with E-state index in [2.05, 4.69) is 55.0 Å².